The van der Waals surface area contributed by atoms with E-state index in [1.165, 1.54) is 6.07 Å². The fraction of sp³-hybridized carbons (Fsp3) is 0.333. The lowest BCUT2D eigenvalue weighted by Gasteiger charge is -2.31. The molecule has 2 aromatic carbocycles. The monoisotopic (exact) mass is 378 g/mol. The highest BCUT2D eigenvalue weighted by Gasteiger charge is 2.39. The summed E-state index contributed by atoms with van der Waals surface area (Å²) in [6.45, 7) is 6.21. The molecule has 3 aromatic rings. The van der Waals surface area contributed by atoms with Crippen LogP contribution in [0.15, 0.2) is 63.8 Å². The third kappa shape index (κ3) is 4.16. The molecule has 146 valence electrons. The van der Waals surface area contributed by atoms with Gasteiger partial charge < -0.3 is 9.15 Å². The molecule has 3 rings (SSSR count). The van der Waals surface area contributed by atoms with Gasteiger partial charge in [-0.15, -0.1) is 0 Å². The summed E-state index contributed by atoms with van der Waals surface area (Å²) in [6, 6.07) is 17.1. The van der Waals surface area contributed by atoms with Gasteiger partial charge in [-0.25, -0.2) is 4.79 Å². The Morgan fingerprint density at radius 2 is 1.79 bits per heavy atom. The number of fused-ring (bicyclic) bond motifs is 1. The maximum atomic E-state index is 13.0. The minimum absolute atomic E-state index is 0.166. The lowest BCUT2D eigenvalue weighted by molar-refractivity contribution is -0.155. The molecule has 1 heterocycles. The van der Waals surface area contributed by atoms with E-state index >= 15 is 0 Å². The molecule has 1 unspecified atom stereocenters. The van der Waals surface area contributed by atoms with E-state index in [1.807, 2.05) is 63.2 Å². The van der Waals surface area contributed by atoms with Crippen LogP contribution in [0.2, 0.25) is 0 Å². The van der Waals surface area contributed by atoms with E-state index in [2.05, 4.69) is 0 Å². The van der Waals surface area contributed by atoms with E-state index < -0.39 is 5.41 Å². The van der Waals surface area contributed by atoms with Crippen molar-refractivity contribution in [1.29, 1.82) is 0 Å². The van der Waals surface area contributed by atoms with E-state index in [1.54, 1.807) is 6.07 Å². The molecule has 28 heavy (non-hydrogen) atoms. The van der Waals surface area contributed by atoms with Crippen LogP contribution in [0.25, 0.3) is 11.0 Å². The highest BCUT2D eigenvalue weighted by Crippen LogP contribution is 2.35. The second-order valence-electron chi connectivity index (χ2n) is 7.26. The molecule has 0 saturated heterocycles. The van der Waals surface area contributed by atoms with Crippen molar-refractivity contribution in [1.82, 2.24) is 0 Å². The smallest absolute Gasteiger partial charge is 0.336 e. The van der Waals surface area contributed by atoms with Crippen LogP contribution in [-0.2, 0) is 22.4 Å². The largest absolute Gasteiger partial charge is 0.466 e. The first kappa shape index (κ1) is 19.9. The van der Waals surface area contributed by atoms with Crippen LogP contribution in [0.5, 0.6) is 0 Å². The average molecular weight is 378 g/mol. The molecule has 0 radical (unpaired) electrons. The van der Waals surface area contributed by atoms with Crippen LogP contribution < -0.4 is 5.63 Å². The maximum Gasteiger partial charge on any atom is 0.336 e. The van der Waals surface area contributed by atoms with Crippen molar-refractivity contribution in [3.8, 4) is 0 Å². The highest BCUT2D eigenvalue weighted by molar-refractivity contribution is 5.80. The number of hydrogen-bond donors (Lipinski definition) is 0. The zero-order valence-corrected chi connectivity index (χ0v) is 16.7. The van der Waals surface area contributed by atoms with Gasteiger partial charge in [0.25, 0.3) is 0 Å². The summed E-state index contributed by atoms with van der Waals surface area (Å²) in [5, 5.41) is 0.855. The van der Waals surface area contributed by atoms with Crippen LogP contribution >= 0.6 is 0 Å². The van der Waals surface area contributed by atoms with Gasteiger partial charge in [-0.3, -0.25) is 4.79 Å². The Balaban J connectivity index is 2.04. The number of esters is 1. The third-order valence-electron chi connectivity index (χ3n) is 5.38. The number of rotatable bonds is 7. The van der Waals surface area contributed by atoms with E-state index in [9.17, 15) is 9.59 Å². The number of ether oxygens (including phenoxy) is 1. The summed E-state index contributed by atoms with van der Waals surface area (Å²) in [6.07, 6.45) is 1.85. The summed E-state index contributed by atoms with van der Waals surface area (Å²) in [5.41, 5.74) is 2.73. The molecule has 0 aliphatic rings. The Bertz CT molecular complexity index is 1020. The van der Waals surface area contributed by atoms with Crippen LogP contribution in [0, 0.1) is 12.3 Å². The lowest BCUT2D eigenvalue weighted by Crippen LogP contribution is -2.37. The van der Waals surface area contributed by atoms with Gasteiger partial charge in [0.15, 0.2) is 0 Å². The fourth-order valence-electron chi connectivity index (χ4n) is 3.69. The maximum absolute atomic E-state index is 13.0. The first-order valence-corrected chi connectivity index (χ1v) is 9.72. The van der Waals surface area contributed by atoms with Crippen molar-refractivity contribution in [2.75, 3.05) is 6.61 Å². The van der Waals surface area contributed by atoms with Crippen molar-refractivity contribution in [3.63, 3.8) is 0 Å². The molecular weight excluding hydrogens is 352 g/mol. The molecule has 1 aromatic heterocycles. The standard InChI is InChI=1S/C24H26O4/c1-4-24(23(26)27-5-2,15-18-9-7-6-8-10-18)16-20-14-19-11-12-22(25)28-21(19)13-17(20)3/h6-14H,4-5,15-16H2,1-3H3. The van der Waals surface area contributed by atoms with Gasteiger partial charge >= 0.3 is 11.6 Å². The molecule has 0 aliphatic heterocycles. The molecular formula is C24H26O4. The zero-order chi connectivity index (χ0) is 20.1. The second-order valence-corrected chi connectivity index (χ2v) is 7.26. The molecule has 4 nitrogen and oxygen atoms in total. The molecule has 0 aliphatic carbocycles. The van der Waals surface area contributed by atoms with Gasteiger partial charge in [0.05, 0.1) is 12.0 Å². The van der Waals surface area contributed by atoms with Gasteiger partial charge in [0, 0.05) is 11.5 Å². The summed E-state index contributed by atoms with van der Waals surface area (Å²) < 4.78 is 10.8. The Kier molecular flexibility index (Phi) is 5.98. The topological polar surface area (TPSA) is 56.5 Å². The minimum atomic E-state index is -0.647. The molecule has 0 saturated carbocycles. The number of aryl methyl sites for hydroxylation is 1. The van der Waals surface area contributed by atoms with Crippen molar-refractivity contribution < 1.29 is 13.9 Å². The summed E-state index contributed by atoms with van der Waals surface area (Å²) in [7, 11) is 0. The van der Waals surface area contributed by atoms with Crippen molar-refractivity contribution in [3.05, 3.63) is 81.7 Å². The van der Waals surface area contributed by atoms with Crippen molar-refractivity contribution in [2.45, 2.75) is 40.0 Å². The third-order valence-corrected chi connectivity index (χ3v) is 5.38. The van der Waals surface area contributed by atoms with Crippen molar-refractivity contribution in [2.24, 2.45) is 5.41 Å². The SMILES string of the molecule is CCOC(=O)C(CC)(Cc1ccccc1)Cc1cc2ccc(=O)oc2cc1C. The predicted molar refractivity (Wildman–Crippen MR) is 110 cm³/mol. The van der Waals surface area contributed by atoms with Crippen LogP contribution in [0.3, 0.4) is 0 Å². The van der Waals surface area contributed by atoms with Crippen LogP contribution in [0.4, 0.5) is 0 Å². The zero-order valence-electron chi connectivity index (χ0n) is 16.7. The minimum Gasteiger partial charge on any atom is -0.466 e. The van der Waals surface area contributed by atoms with Crippen molar-refractivity contribution >= 4 is 16.9 Å². The quantitative estimate of drug-likeness (QED) is 0.436. The van der Waals surface area contributed by atoms with Gasteiger partial charge in [-0.05, 0) is 68.0 Å². The molecule has 4 heteroatoms. The Morgan fingerprint density at radius 1 is 1.04 bits per heavy atom. The normalized spacial score (nSPS) is 13.2. The average Bonchev–Trinajstić information content (AvgIpc) is 2.69. The number of carbonyl (C=O) groups excluding carboxylic acids is 1. The van der Waals surface area contributed by atoms with Crippen LogP contribution in [-0.4, -0.2) is 12.6 Å². The Hall–Kier alpha value is -2.88. The van der Waals surface area contributed by atoms with Gasteiger partial charge in [-0.2, -0.15) is 0 Å². The van der Waals surface area contributed by atoms with Gasteiger partial charge in [-0.1, -0.05) is 37.3 Å². The van der Waals surface area contributed by atoms with Gasteiger partial charge in [0.1, 0.15) is 5.58 Å². The number of carbonyl (C=O) groups is 1. The van der Waals surface area contributed by atoms with Crippen LogP contribution in [0.1, 0.15) is 37.0 Å². The van der Waals surface area contributed by atoms with E-state index in [-0.39, 0.29) is 11.6 Å². The molecule has 0 amide bonds. The molecule has 1 atom stereocenters. The summed E-state index contributed by atoms with van der Waals surface area (Å²) in [4.78, 5) is 24.5. The summed E-state index contributed by atoms with van der Waals surface area (Å²) >= 11 is 0. The number of benzene rings is 2. The molecule has 0 fully saturated rings. The molecule has 0 bridgehead atoms. The lowest BCUT2D eigenvalue weighted by atomic mass is 9.73. The van der Waals surface area contributed by atoms with E-state index in [0.29, 0.717) is 31.5 Å². The summed E-state index contributed by atoms with van der Waals surface area (Å²) in [5.74, 6) is -0.166. The fourth-order valence-corrected chi connectivity index (χ4v) is 3.69. The number of hydrogen-bond acceptors (Lipinski definition) is 4. The molecule has 0 N–H and O–H groups in total. The highest BCUT2D eigenvalue weighted by atomic mass is 16.5. The first-order valence-electron chi connectivity index (χ1n) is 9.72. The predicted octanol–water partition coefficient (Wildman–Crippen LogP) is 4.85. The van der Waals surface area contributed by atoms with Gasteiger partial charge in [0.2, 0.25) is 0 Å². The Morgan fingerprint density at radius 3 is 2.46 bits per heavy atom. The van der Waals surface area contributed by atoms with E-state index in [0.717, 1.165) is 22.1 Å². The second kappa shape index (κ2) is 8.42. The Labute approximate surface area is 165 Å². The van der Waals surface area contributed by atoms with E-state index in [4.69, 9.17) is 9.15 Å². The first-order chi connectivity index (χ1) is 13.5. The molecule has 0 spiro atoms.